The summed E-state index contributed by atoms with van der Waals surface area (Å²) in [5.74, 6) is 0.758. The van der Waals surface area contributed by atoms with Gasteiger partial charge in [-0.25, -0.2) is 0 Å². The fraction of sp³-hybridized carbons (Fsp3) is 1.00. The maximum atomic E-state index is 12.8. The summed E-state index contributed by atoms with van der Waals surface area (Å²) in [6, 6.07) is 0. The van der Waals surface area contributed by atoms with Crippen molar-refractivity contribution in [2.45, 2.75) is 38.2 Å². The average Bonchev–Trinajstić information content (AvgIpc) is 3.28. The molecule has 0 aromatic carbocycles. The van der Waals surface area contributed by atoms with Crippen LogP contribution in [0.3, 0.4) is 0 Å². The van der Waals surface area contributed by atoms with E-state index >= 15 is 0 Å². The maximum Gasteiger partial charge on any atom is 0.282 e. The van der Waals surface area contributed by atoms with Gasteiger partial charge < -0.3 is 9.84 Å². The topological polar surface area (TPSA) is 70.1 Å². The zero-order valence-electron chi connectivity index (χ0n) is 13.6. The fourth-order valence-electron chi connectivity index (χ4n) is 3.96. The van der Waals surface area contributed by atoms with E-state index in [1.54, 1.807) is 11.4 Å². The van der Waals surface area contributed by atoms with Gasteiger partial charge in [0, 0.05) is 45.8 Å². The summed E-state index contributed by atoms with van der Waals surface area (Å²) >= 11 is 0. The highest BCUT2D eigenvalue weighted by Gasteiger charge is 2.55. The molecule has 0 bridgehead atoms. The Balaban J connectivity index is 1.64. The van der Waals surface area contributed by atoms with E-state index in [1.807, 2.05) is 6.92 Å². The molecule has 128 valence electrons. The number of β-amino-alcohol motifs (C(OH)–C–C–N with tert-alkyl or cyclic N) is 1. The van der Waals surface area contributed by atoms with Crippen LogP contribution >= 0.6 is 0 Å². The Morgan fingerprint density at radius 2 is 1.82 bits per heavy atom. The molecule has 1 saturated carbocycles. The number of ether oxygens (including phenoxy) is 1. The van der Waals surface area contributed by atoms with E-state index in [2.05, 4.69) is 0 Å². The Morgan fingerprint density at radius 3 is 2.36 bits per heavy atom. The van der Waals surface area contributed by atoms with Crippen molar-refractivity contribution in [3.05, 3.63) is 0 Å². The first-order chi connectivity index (χ1) is 10.4. The van der Waals surface area contributed by atoms with Crippen LogP contribution in [0.25, 0.3) is 0 Å². The largest absolute Gasteiger partial charge is 0.388 e. The lowest BCUT2D eigenvalue weighted by Crippen LogP contribution is -2.48. The highest BCUT2D eigenvalue weighted by atomic mass is 32.2. The van der Waals surface area contributed by atoms with Crippen LogP contribution in [0.2, 0.25) is 0 Å². The molecule has 22 heavy (non-hydrogen) atoms. The van der Waals surface area contributed by atoms with Gasteiger partial charge >= 0.3 is 0 Å². The minimum Gasteiger partial charge on any atom is -0.388 e. The van der Waals surface area contributed by atoms with Crippen molar-refractivity contribution in [1.29, 1.82) is 0 Å². The number of hydrogen-bond acceptors (Lipinski definition) is 4. The summed E-state index contributed by atoms with van der Waals surface area (Å²) in [6.45, 7) is 4.49. The number of aliphatic hydroxyl groups is 1. The number of methoxy groups -OCH3 is 1. The van der Waals surface area contributed by atoms with E-state index in [-0.39, 0.29) is 18.4 Å². The number of hydrogen-bond donors (Lipinski definition) is 1. The Morgan fingerprint density at radius 1 is 1.18 bits per heavy atom. The van der Waals surface area contributed by atoms with Gasteiger partial charge in [-0.3, -0.25) is 0 Å². The summed E-state index contributed by atoms with van der Waals surface area (Å²) in [5.41, 5.74) is -0.818. The second-order valence-corrected chi connectivity index (χ2v) is 9.19. The van der Waals surface area contributed by atoms with Gasteiger partial charge in [0.05, 0.1) is 5.60 Å². The van der Waals surface area contributed by atoms with E-state index in [4.69, 9.17) is 4.74 Å². The molecule has 2 heterocycles. The molecular formula is C15H28N2O4S. The molecule has 2 aliphatic heterocycles. The fourth-order valence-corrected chi connectivity index (χ4v) is 5.74. The quantitative estimate of drug-likeness (QED) is 0.804. The summed E-state index contributed by atoms with van der Waals surface area (Å²) in [5, 5.41) is 10.8. The Bertz CT molecular complexity index is 500. The lowest BCUT2D eigenvalue weighted by molar-refractivity contribution is -0.00115. The van der Waals surface area contributed by atoms with Gasteiger partial charge in [0.25, 0.3) is 10.2 Å². The van der Waals surface area contributed by atoms with Gasteiger partial charge in [-0.05, 0) is 37.5 Å². The number of nitrogens with zero attached hydrogens (tertiary/aromatic N) is 2. The lowest BCUT2D eigenvalue weighted by Gasteiger charge is -2.33. The Kier molecular flexibility index (Phi) is 4.55. The van der Waals surface area contributed by atoms with Crippen molar-refractivity contribution in [2.75, 3.05) is 39.9 Å². The minimum absolute atomic E-state index is 0.0146. The molecule has 2 saturated heterocycles. The molecule has 0 unspecified atom stereocenters. The Labute approximate surface area is 133 Å². The predicted molar refractivity (Wildman–Crippen MR) is 83.5 cm³/mol. The van der Waals surface area contributed by atoms with Gasteiger partial charge in [-0.2, -0.15) is 17.0 Å². The molecule has 1 aliphatic carbocycles. The van der Waals surface area contributed by atoms with Crippen LogP contribution in [0.5, 0.6) is 0 Å². The molecule has 0 amide bonds. The molecule has 0 spiro atoms. The highest BCUT2D eigenvalue weighted by molar-refractivity contribution is 7.86. The average molecular weight is 332 g/mol. The van der Waals surface area contributed by atoms with Crippen molar-refractivity contribution < 1.29 is 18.3 Å². The molecule has 6 nitrogen and oxygen atoms in total. The van der Waals surface area contributed by atoms with Crippen LogP contribution in [-0.4, -0.2) is 67.6 Å². The predicted octanol–water partition coefficient (Wildman–Crippen LogP) is 0.682. The van der Waals surface area contributed by atoms with Crippen molar-refractivity contribution in [2.24, 2.45) is 17.8 Å². The zero-order chi connectivity index (χ0) is 16.0. The standard InChI is InChI=1S/C15H28N2O4S/c1-12-9-17(11-15(12,18)14-3-4-14)22(19,20)16-7-5-13(6-8-16)10-21-2/h12-14,18H,3-11H2,1-2H3/t12-,15+/m1/s1. The molecular weight excluding hydrogens is 304 g/mol. The van der Waals surface area contributed by atoms with Crippen molar-refractivity contribution >= 4 is 10.2 Å². The van der Waals surface area contributed by atoms with Crippen molar-refractivity contribution in [3.8, 4) is 0 Å². The highest BCUT2D eigenvalue weighted by Crippen LogP contribution is 2.47. The van der Waals surface area contributed by atoms with Crippen molar-refractivity contribution in [1.82, 2.24) is 8.61 Å². The van der Waals surface area contributed by atoms with Gasteiger partial charge in [0.15, 0.2) is 0 Å². The molecule has 0 aromatic rings. The number of piperidine rings is 1. The van der Waals surface area contributed by atoms with Crippen LogP contribution in [0.15, 0.2) is 0 Å². The third-order valence-corrected chi connectivity index (χ3v) is 7.62. The molecule has 3 aliphatic rings. The molecule has 0 aromatic heterocycles. The first-order valence-corrected chi connectivity index (χ1v) is 9.74. The molecule has 3 fully saturated rings. The molecule has 0 radical (unpaired) electrons. The summed E-state index contributed by atoms with van der Waals surface area (Å²) in [6.07, 6.45) is 3.75. The first-order valence-electron chi connectivity index (χ1n) is 8.34. The van der Waals surface area contributed by atoms with Crippen LogP contribution < -0.4 is 0 Å². The maximum absolute atomic E-state index is 12.8. The minimum atomic E-state index is -3.44. The summed E-state index contributed by atoms with van der Waals surface area (Å²) in [4.78, 5) is 0. The second kappa shape index (κ2) is 6.02. The smallest absolute Gasteiger partial charge is 0.282 e. The zero-order valence-corrected chi connectivity index (χ0v) is 14.4. The molecule has 1 N–H and O–H groups in total. The second-order valence-electron chi connectivity index (χ2n) is 7.26. The Hall–Kier alpha value is -0.210. The van der Waals surface area contributed by atoms with Crippen LogP contribution in [0.1, 0.15) is 32.6 Å². The van der Waals surface area contributed by atoms with E-state index in [1.165, 1.54) is 4.31 Å². The monoisotopic (exact) mass is 332 g/mol. The van der Waals surface area contributed by atoms with Gasteiger partial charge in [-0.15, -0.1) is 0 Å². The summed E-state index contributed by atoms with van der Waals surface area (Å²) in [7, 11) is -1.76. The third-order valence-electron chi connectivity index (χ3n) is 5.67. The lowest BCUT2D eigenvalue weighted by atomic mass is 9.88. The van der Waals surface area contributed by atoms with E-state index in [0.29, 0.717) is 32.2 Å². The van der Waals surface area contributed by atoms with E-state index < -0.39 is 15.8 Å². The van der Waals surface area contributed by atoms with E-state index in [9.17, 15) is 13.5 Å². The summed E-state index contributed by atoms with van der Waals surface area (Å²) < 4.78 is 33.9. The van der Waals surface area contributed by atoms with Crippen molar-refractivity contribution in [3.63, 3.8) is 0 Å². The number of rotatable bonds is 5. The van der Waals surface area contributed by atoms with Gasteiger partial charge in [0.1, 0.15) is 0 Å². The van der Waals surface area contributed by atoms with Gasteiger partial charge in [0.2, 0.25) is 0 Å². The normalized spacial score (nSPS) is 36.0. The third kappa shape index (κ3) is 2.94. The molecule has 3 rings (SSSR count). The first kappa shape index (κ1) is 16.6. The van der Waals surface area contributed by atoms with E-state index in [0.717, 1.165) is 25.7 Å². The van der Waals surface area contributed by atoms with Crippen LogP contribution in [-0.2, 0) is 14.9 Å². The SMILES string of the molecule is COCC1CCN(S(=O)(=O)N2C[C@@H](C)[C@](O)(C3CC3)C2)CC1. The molecule has 2 atom stereocenters. The van der Waals surface area contributed by atoms with Crippen LogP contribution in [0, 0.1) is 17.8 Å². The van der Waals surface area contributed by atoms with Gasteiger partial charge in [-0.1, -0.05) is 6.92 Å². The molecule has 7 heteroatoms. The van der Waals surface area contributed by atoms with Crippen LogP contribution in [0.4, 0.5) is 0 Å².